The van der Waals surface area contributed by atoms with Crippen molar-refractivity contribution in [3.63, 3.8) is 0 Å². The van der Waals surface area contributed by atoms with Crippen molar-refractivity contribution in [2.45, 2.75) is 6.18 Å². The van der Waals surface area contributed by atoms with Gasteiger partial charge in [-0.1, -0.05) is 18.2 Å². The van der Waals surface area contributed by atoms with Crippen molar-refractivity contribution in [2.24, 2.45) is 5.73 Å². The summed E-state index contributed by atoms with van der Waals surface area (Å²) in [6.07, 6.45) is -1.68. The normalized spacial score (nSPS) is 12.3. The highest BCUT2D eigenvalue weighted by Crippen LogP contribution is 2.34. The van der Waals surface area contributed by atoms with E-state index in [-0.39, 0.29) is 17.8 Å². The zero-order valence-corrected chi connectivity index (χ0v) is 7.88. The largest absolute Gasteiger partial charge is 0.417 e. The van der Waals surface area contributed by atoms with Gasteiger partial charge in [0.1, 0.15) is 0 Å². The first-order valence-corrected chi connectivity index (χ1v) is 4.29. The third-order valence-corrected chi connectivity index (χ3v) is 1.87. The van der Waals surface area contributed by atoms with Gasteiger partial charge in [-0.05, 0) is 12.1 Å². The summed E-state index contributed by atoms with van der Waals surface area (Å²) in [4.78, 5) is 0. The van der Waals surface area contributed by atoms with Gasteiger partial charge in [-0.25, -0.2) is 0 Å². The van der Waals surface area contributed by atoms with Crippen molar-refractivity contribution < 1.29 is 13.2 Å². The van der Waals surface area contributed by atoms with Crippen molar-refractivity contribution in [2.75, 3.05) is 12.3 Å². The number of hydrogen-bond acceptors (Lipinski definition) is 2. The molecule has 0 bridgehead atoms. The number of nitrogens with two attached hydrogens (primary N) is 2. The highest BCUT2D eigenvalue weighted by Gasteiger charge is 2.33. The Bertz CT molecular complexity index is 369. The lowest BCUT2D eigenvalue weighted by Crippen LogP contribution is -2.09. The molecule has 0 unspecified atom stereocenters. The fourth-order valence-electron chi connectivity index (χ4n) is 1.20. The van der Waals surface area contributed by atoms with Gasteiger partial charge >= 0.3 is 6.18 Å². The smallest absolute Gasteiger partial charge is 0.398 e. The van der Waals surface area contributed by atoms with Gasteiger partial charge in [0.05, 0.1) is 5.56 Å². The van der Waals surface area contributed by atoms with E-state index in [1.54, 1.807) is 0 Å². The SMILES string of the molecule is NCC=Cc1c(N)cccc1C(F)(F)F. The number of nitrogen functional groups attached to an aromatic ring is 1. The Hall–Kier alpha value is -1.49. The molecule has 82 valence electrons. The standard InChI is InChI=1S/C10H11F3N2/c11-10(12,13)8-4-1-5-9(15)7(8)3-2-6-14/h1-5H,6,14-15H2. The molecule has 4 N–H and O–H groups in total. The predicted octanol–water partition coefficient (Wildman–Crippen LogP) is 2.26. The number of anilines is 1. The lowest BCUT2D eigenvalue weighted by molar-refractivity contribution is -0.137. The first-order valence-electron chi connectivity index (χ1n) is 4.29. The summed E-state index contributed by atoms with van der Waals surface area (Å²) in [7, 11) is 0. The fraction of sp³-hybridized carbons (Fsp3) is 0.200. The third kappa shape index (κ3) is 2.73. The van der Waals surface area contributed by atoms with Crippen molar-refractivity contribution in [1.29, 1.82) is 0 Å². The lowest BCUT2D eigenvalue weighted by atomic mass is 10.0. The molecule has 0 saturated heterocycles. The first-order chi connectivity index (χ1) is 6.96. The van der Waals surface area contributed by atoms with E-state index in [1.165, 1.54) is 24.3 Å². The maximum absolute atomic E-state index is 12.5. The maximum Gasteiger partial charge on any atom is 0.417 e. The molecule has 0 saturated carbocycles. The molecule has 0 aliphatic carbocycles. The van der Waals surface area contributed by atoms with Gasteiger partial charge in [-0.3, -0.25) is 0 Å². The van der Waals surface area contributed by atoms with Crippen LogP contribution < -0.4 is 11.5 Å². The minimum Gasteiger partial charge on any atom is -0.398 e. The number of hydrogen-bond donors (Lipinski definition) is 2. The number of alkyl halides is 3. The molecule has 0 fully saturated rings. The second kappa shape index (κ2) is 4.35. The van der Waals surface area contributed by atoms with Gasteiger partial charge < -0.3 is 11.5 Å². The molecule has 0 amide bonds. The maximum atomic E-state index is 12.5. The van der Waals surface area contributed by atoms with E-state index in [1.807, 2.05) is 0 Å². The van der Waals surface area contributed by atoms with Crippen LogP contribution in [0.15, 0.2) is 24.3 Å². The van der Waals surface area contributed by atoms with Crippen LogP contribution in [0.5, 0.6) is 0 Å². The van der Waals surface area contributed by atoms with Gasteiger partial charge in [0.15, 0.2) is 0 Å². The van der Waals surface area contributed by atoms with Crippen molar-refractivity contribution >= 4 is 11.8 Å². The Morgan fingerprint density at radius 1 is 1.27 bits per heavy atom. The minimum atomic E-state index is -4.40. The molecular formula is C10H11F3N2. The predicted molar refractivity (Wildman–Crippen MR) is 53.9 cm³/mol. The van der Waals surface area contributed by atoms with Crippen molar-refractivity contribution in [3.8, 4) is 0 Å². The monoisotopic (exact) mass is 216 g/mol. The van der Waals surface area contributed by atoms with E-state index >= 15 is 0 Å². The Labute approximate surface area is 85.4 Å². The fourth-order valence-corrected chi connectivity index (χ4v) is 1.20. The zero-order chi connectivity index (χ0) is 11.5. The minimum absolute atomic E-state index is 0.0320. The molecule has 0 aliphatic heterocycles. The summed E-state index contributed by atoms with van der Waals surface area (Å²) >= 11 is 0. The average Bonchev–Trinajstić information content (AvgIpc) is 2.14. The zero-order valence-electron chi connectivity index (χ0n) is 7.88. The van der Waals surface area contributed by atoms with E-state index in [9.17, 15) is 13.2 Å². The molecule has 0 heterocycles. The summed E-state index contributed by atoms with van der Waals surface area (Å²) < 4.78 is 37.6. The van der Waals surface area contributed by atoms with Gasteiger partial charge in [-0.2, -0.15) is 13.2 Å². The van der Waals surface area contributed by atoms with E-state index in [0.29, 0.717) is 0 Å². The molecule has 0 aliphatic rings. The van der Waals surface area contributed by atoms with Crippen LogP contribution in [0.1, 0.15) is 11.1 Å². The van der Waals surface area contributed by atoms with E-state index in [4.69, 9.17) is 11.5 Å². The Kier molecular flexibility index (Phi) is 3.36. The van der Waals surface area contributed by atoms with Crippen LogP contribution in [0.25, 0.3) is 6.08 Å². The van der Waals surface area contributed by atoms with Crippen LogP contribution in [0, 0.1) is 0 Å². The van der Waals surface area contributed by atoms with E-state index in [2.05, 4.69) is 0 Å². The molecule has 1 aromatic carbocycles. The molecule has 1 rings (SSSR count). The van der Waals surface area contributed by atoms with E-state index < -0.39 is 11.7 Å². The van der Waals surface area contributed by atoms with Crippen LogP contribution in [-0.4, -0.2) is 6.54 Å². The molecule has 0 aromatic heterocycles. The molecule has 2 nitrogen and oxygen atoms in total. The van der Waals surface area contributed by atoms with Crippen LogP contribution in [0.4, 0.5) is 18.9 Å². The van der Waals surface area contributed by atoms with Crippen LogP contribution in [-0.2, 0) is 6.18 Å². The number of benzene rings is 1. The molecule has 0 atom stereocenters. The van der Waals surface area contributed by atoms with Crippen LogP contribution in [0.3, 0.4) is 0 Å². The molecule has 1 aromatic rings. The van der Waals surface area contributed by atoms with Crippen LogP contribution >= 0.6 is 0 Å². The van der Waals surface area contributed by atoms with Crippen molar-refractivity contribution in [1.82, 2.24) is 0 Å². The summed E-state index contributed by atoms with van der Waals surface area (Å²) in [5.74, 6) is 0. The van der Waals surface area contributed by atoms with Gasteiger partial charge in [0.2, 0.25) is 0 Å². The number of rotatable bonds is 2. The highest BCUT2D eigenvalue weighted by molar-refractivity contribution is 5.68. The van der Waals surface area contributed by atoms with Crippen LogP contribution in [0.2, 0.25) is 0 Å². The molecule has 0 radical (unpaired) electrons. The molecule has 15 heavy (non-hydrogen) atoms. The quantitative estimate of drug-likeness (QED) is 0.745. The summed E-state index contributed by atoms with van der Waals surface area (Å²) in [6.45, 7) is 0.172. The summed E-state index contributed by atoms with van der Waals surface area (Å²) in [5.41, 5.74) is 9.96. The second-order valence-electron chi connectivity index (χ2n) is 2.94. The molecule has 5 heteroatoms. The number of halogens is 3. The molecule has 0 spiro atoms. The second-order valence-corrected chi connectivity index (χ2v) is 2.94. The summed E-state index contributed by atoms with van der Waals surface area (Å²) in [6, 6.07) is 3.69. The topological polar surface area (TPSA) is 52.0 Å². The first kappa shape index (κ1) is 11.6. The van der Waals surface area contributed by atoms with Gasteiger partial charge in [-0.15, -0.1) is 0 Å². The summed E-state index contributed by atoms with van der Waals surface area (Å²) in [5, 5.41) is 0. The third-order valence-electron chi connectivity index (χ3n) is 1.87. The van der Waals surface area contributed by atoms with Gasteiger partial charge in [0.25, 0.3) is 0 Å². The molecular weight excluding hydrogens is 205 g/mol. The Morgan fingerprint density at radius 3 is 2.47 bits per heavy atom. The van der Waals surface area contributed by atoms with E-state index in [0.717, 1.165) is 6.07 Å². The Balaban J connectivity index is 3.27. The highest BCUT2D eigenvalue weighted by atomic mass is 19.4. The lowest BCUT2D eigenvalue weighted by Gasteiger charge is -2.11. The average molecular weight is 216 g/mol. The Morgan fingerprint density at radius 2 is 1.93 bits per heavy atom. The van der Waals surface area contributed by atoms with Gasteiger partial charge in [0, 0.05) is 17.8 Å². The van der Waals surface area contributed by atoms with Crippen molar-refractivity contribution in [3.05, 3.63) is 35.4 Å².